The zero-order valence-corrected chi connectivity index (χ0v) is 44.2. The van der Waals surface area contributed by atoms with Gasteiger partial charge in [0.05, 0.1) is 27.7 Å². The molecule has 10 heteroatoms. The quantitative estimate of drug-likeness (QED) is 0.0211. The molecule has 0 bridgehead atoms. The summed E-state index contributed by atoms with van der Waals surface area (Å²) in [6.07, 6.45) is 70.1. The van der Waals surface area contributed by atoms with Crippen LogP contribution in [0.3, 0.4) is 0 Å². The average Bonchev–Trinajstić information content (AvgIpc) is 3.30. The topological polar surface area (TPSA) is 108 Å². The van der Waals surface area contributed by atoms with Crippen molar-refractivity contribution in [2.45, 2.75) is 174 Å². The lowest BCUT2D eigenvalue weighted by Crippen LogP contribution is -2.37. The van der Waals surface area contributed by atoms with Gasteiger partial charge in [0.15, 0.2) is 6.10 Å². The van der Waals surface area contributed by atoms with Gasteiger partial charge in [-0.2, -0.15) is 0 Å². The molecule has 0 aliphatic carbocycles. The Kier molecular flexibility index (Phi) is 45.5. The molecule has 0 aliphatic heterocycles. The highest BCUT2D eigenvalue weighted by molar-refractivity contribution is 7.47. The van der Waals surface area contributed by atoms with E-state index in [1.165, 1.54) is 0 Å². The highest BCUT2D eigenvalue weighted by atomic mass is 31.2. The van der Waals surface area contributed by atoms with Crippen molar-refractivity contribution < 1.29 is 42.1 Å². The summed E-state index contributed by atoms with van der Waals surface area (Å²) in [7, 11) is 1.44. The number of hydrogen-bond donors (Lipinski definition) is 1. The molecule has 0 aromatic heterocycles. The molecule has 0 spiro atoms. The largest absolute Gasteiger partial charge is 0.472 e. The van der Waals surface area contributed by atoms with Crippen LogP contribution in [0.15, 0.2) is 134 Å². The normalized spacial score (nSPS) is 14.5. The number of quaternary nitrogens is 1. The van der Waals surface area contributed by atoms with Gasteiger partial charge in [-0.05, 0) is 96.3 Å². The number of likely N-dealkylation sites (N-methyl/N-ethyl adjacent to an activating group) is 1. The third-order valence-electron chi connectivity index (χ3n) is 10.2. The maximum atomic E-state index is 12.7. The zero-order chi connectivity index (χ0) is 49.9. The highest BCUT2D eigenvalue weighted by Gasteiger charge is 2.27. The Morgan fingerprint density at radius 3 is 1.25 bits per heavy atom. The van der Waals surface area contributed by atoms with E-state index in [1.807, 2.05) is 21.1 Å². The van der Waals surface area contributed by atoms with Gasteiger partial charge in [0, 0.05) is 12.8 Å². The van der Waals surface area contributed by atoms with Gasteiger partial charge in [-0.3, -0.25) is 18.6 Å². The van der Waals surface area contributed by atoms with Crippen molar-refractivity contribution in [3.8, 4) is 0 Å². The summed E-state index contributed by atoms with van der Waals surface area (Å²) in [5, 5.41) is 0. The second-order valence-corrected chi connectivity index (χ2v) is 19.3. The lowest BCUT2D eigenvalue weighted by molar-refractivity contribution is -0.870. The Labute approximate surface area is 415 Å². The maximum absolute atomic E-state index is 12.7. The second kappa shape index (κ2) is 48.2. The number of nitrogens with zero attached hydrogens (tertiary/aromatic N) is 1. The molecule has 0 amide bonds. The van der Waals surface area contributed by atoms with Crippen molar-refractivity contribution in [1.29, 1.82) is 0 Å². The third-order valence-corrected chi connectivity index (χ3v) is 11.2. The molecular formula is C58H95NO8P+. The molecule has 9 nitrogen and oxygen atoms in total. The molecule has 0 aliphatic rings. The highest BCUT2D eigenvalue weighted by Crippen LogP contribution is 2.43. The molecule has 0 aromatic carbocycles. The predicted molar refractivity (Wildman–Crippen MR) is 288 cm³/mol. The number of hydrogen-bond acceptors (Lipinski definition) is 7. The first kappa shape index (κ1) is 64.2. The van der Waals surface area contributed by atoms with E-state index in [4.69, 9.17) is 18.5 Å². The van der Waals surface area contributed by atoms with Crippen LogP contribution in [0.4, 0.5) is 0 Å². The summed E-state index contributed by atoms with van der Waals surface area (Å²) in [5.41, 5.74) is 0. The van der Waals surface area contributed by atoms with E-state index in [2.05, 4.69) is 148 Å². The molecule has 0 heterocycles. The summed E-state index contributed by atoms with van der Waals surface area (Å²) in [4.78, 5) is 35.1. The van der Waals surface area contributed by atoms with Crippen LogP contribution in [-0.4, -0.2) is 74.9 Å². The number of allylic oxidation sites excluding steroid dienone is 22. The Morgan fingerprint density at radius 1 is 0.471 bits per heavy atom. The molecule has 384 valence electrons. The summed E-state index contributed by atoms with van der Waals surface area (Å²) >= 11 is 0. The van der Waals surface area contributed by atoms with Crippen LogP contribution >= 0.6 is 7.82 Å². The maximum Gasteiger partial charge on any atom is 0.472 e. The van der Waals surface area contributed by atoms with Crippen LogP contribution in [0.2, 0.25) is 0 Å². The van der Waals surface area contributed by atoms with Gasteiger partial charge in [0.1, 0.15) is 19.8 Å². The van der Waals surface area contributed by atoms with Crippen molar-refractivity contribution in [3.05, 3.63) is 134 Å². The van der Waals surface area contributed by atoms with Gasteiger partial charge < -0.3 is 18.9 Å². The number of phosphoric acid groups is 1. The van der Waals surface area contributed by atoms with Gasteiger partial charge in [-0.15, -0.1) is 0 Å². The van der Waals surface area contributed by atoms with Gasteiger partial charge in [0.25, 0.3) is 0 Å². The number of ether oxygens (including phenoxy) is 2. The van der Waals surface area contributed by atoms with Crippen molar-refractivity contribution >= 4 is 19.8 Å². The number of rotatable bonds is 45. The van der Waals surface area contributed by atoms with E-state index < -0.39 is 32.5 Å². The summed E-state index contributed by atoms with van der Waals surface area (Å²) in [5.74, 6) is -0.847. The van der Waals surface area contributed by atoms with E-state index in [0.29, 0.717) is 17.4 Å². The minimum atomic E-state index is -4.38. The second-order valence-electron chi connectivity index (χ2n) is 17.8. The van der Waals surface area contributed by atoms with Crippen LogP contribution in [0.25, 0.3) is 0 Å². The van der Waals surface area contributed by atoms with Gasteiger partial charge in [-0.25, -0.2) is 4.57 Å². The lowest BCUT2D eigenvalue weighted by atomic mass is 10.1. The number of carbonyl (C=O) groups is 2. The Hall–Kier alpha value is -3.85. The van der Waals surface area contributed by atoms with Gasteiger partial charge in [0.2, 0.25) is 0 Å². The van der Waals surface area contributed by atoms with Crippen molar-refractivity contribution in [2.24, 2.45) is 0 Å². The fraction of sp³-hybridized carbons (Fsp3) is 0.586. The van der Waals surface area contributed by atoms with Crippen LogP contribution in [0.1, 0.15) is 168 Å². The Bertz CT molecular complexity index is 1610. The summed E-state index contributed by atoms with van der Waals surface area (Å²) < 4.78 is 34.1. The van der Waals surface area contributed by atoms with Crippen LogP contribution in [0, 0.1) is 0 Å². The van der Waals surface area contributed by atoms with Gasteiger partial charge in [-0.1, -0.05) is 192 Å². The predicted octanol–water partition coefficient (Wildman–Crippen LogP) is 15.8. The van der Waals surface area contributed by atoms with Crippen molar-refractivity contribution in [2.75, 3.05) is 47.5 Å². The van der Waals surface area contributed by atoms with Crippen LogP contribution < -0.4 is 0 Å². The Balaban J connectivity index is 4.06. The van der Waals surface area contributed by atoms with Crippen molar-refractivity contribution in [1.82, 2.24) is 0 Å². The molecule has 2 atom stereocenters. The van der Waals surface area contributed by atoms with E-state index in [0.717, 1.165) is 135 Å². The molecule has 2 unspecified atom stereocenters. The SMILES string of the molecule is CC/C=C\C/C=C\C/C=C\C/C=C\C/C=C\C/C=C\C/C=C\C/C=C\C/C=C\C/C=C\C/C=C\CCCCCCCC(=O)OC(COC(=O)CCCCCCC)COP(=O)(O)OCC[N+](C)(C)C. The van der Waals surface area contributed by atoms with Crippen LogP contribution in [-0.2, 0) is 32.7 Å². The molecular weight excluding hydrogens is 870 g/mol. The van der Waals surface area contributed by atoms with E-state index in [1.54, 1.807) is 0 Å². The first-order valence-electron chi connectivity index (χ1n) is 25.9. The number of carbonyl (C=O) groups excluding carboxylic acids is 2. The zero-order valence-electron chi connectivity index (χ0n) is 43.3. The number of phosphoric ester groups is 1. The number of esters is 2. The van der Waals surface area contributed by atoms with Crippen LogP contribution in [0.5, 0.6) is 0 Å². The van der Waals surface area contributed by atoms with Crippen molar-refractivity contribution in [3.63, 3.8) is 0 Å². The smallest absolute Gasteiger partial charge is 0.462 e. The Morgan fingerprint density at radius 2 is 0.838 bits per heavy atom. The standard InChI is InChI=1S/C58H94NO8P/c1-6-8-10-12-13-14-15-16-17-18-19-20-21-22-23-24-25-26-27-28-29-30-31-32-33-34-35-36-37-38-39-40-41-42-43-44-45-47-49-51-58(61)67-56(54-64-57(60)50-48-46-11-9-7-2)55-66-68(62,63)65-53-52-59(3,4)5/h8,10,13-14,16-17,19-20,22-23,25-26,28-29,31-32,34-35,37-38,40-41,56H,6-7,9,11-12,15,18,21,24,27,30,33,36,39,42-55H2,1-5H3/p+1/b10-8-,14-13-,17-16-,20-19-,23-22-,26-25-,29-28-,32-31-,35-34-,38-37-,41-40-. The fourth-order valence-corrected chi connectivity index (χ4v) is 6.93. The molecule has 0 saturated heterocycles. The molecule has 0 aromatic rings. The fourth-order valence-electron chi connectivity index (χ4n) is 6.19. The van der Waals surface area contributed by atoms with E-state index in [9.17, 15) is 19.0 Å². The number of unbranched alkanes of at least 4 members (excludes halogenated alkanes) is 9. The van der Waals surface area contributed by atoms with E-state index >= 15 is 0 Å². The average molecular weight is 965 g/mol. The monoisotopic (exact) mass is 965 g/mol. The molecule has 0 fully saturated rings. The molecule has 0 rings (SSSR count). The van der Waals surface area contributed by atoms with Gasteiger partial charge >= 0.3 is 19.8 Å². The first-order chi connectivity index (χ1) is 33.0. The molecule has 68 heavy (non-hydrogen) atoms. The molecule has 1 N–H and O–H groups in total. The summed E-state index contributed by atoms with van der Waals surface area (Å²) in [6.45, 7) is 4.15. The molecule has 0 radical (unpaired) electrons. The first-order valence-corrected chi connectivity index (χ1v) is 27.4. The minimum Gasteiger partial charge on any atom is -0.462 e. The van der Waals surface area contributed by atoms with E-state index in [-0.39, 0.29) is 26.1 Å². The lowest BCUT2D eigenvalue weighted by Gasteiger charge is -2.24. The molecule has 0 saturated carbocycles. The minimum absolute atomic E-state index is 0.0210. The third kappa shape index (κ3) is 51.5. The summed E-state index contributed by atoms with van der Waals surface area (Å²) in [6, 6.07) is 0.